The van der Waals surface area contributed by atoms with Crippen molar-refractivity contribution in [3.8, 4) is 0 Å². The van der Waals surface area contributed by atoms with E-state index in [1.807, 2.05) is 11.9 Å². The lowest BCUT2D eigenvalue weighted by Gasteiger charge is -2.25. The fourth-order valence-corrected chi connectivity index (χ4v) is 5.35. The van der Waals surface area contributed by atoms with Gasteiger partial charge in [0.05, 0.1) is 11.3 Å². The molecule has 0 saturated carbocycles. The van der Waals surface area contributed by atoms with E-state index in [0.29, 0.717) is 30.3 Å². The minimum absolute atomic E-state index is 0. The van der Waals surface area contributed by atoms with Crippen LogP contribution < -0.4 is 5.32 Å². The van der Waals surface area contributed by atoms with Gasteiger partial charge in [-0.25, -0.2) is 8.42 Å². The second-order valence-electron chi connectivity index (χ2n) is 7.34. The number of piperidine rings is 1. The maximum absolute atomic E-state index is 12.7. The Labute approximate surface area is 168 Å². The summed E-state index contributed by atoms with van der Waals surface area (Å²) in [6.45, 7) is 3.76. The first-order valence-electron chi connectivity index (χ1n) is 9.52. The number of sulfonamides is 1. The minimum atomic E-state index is -3.41. The maximum atomic E-state index is 12.7. The molecule has 2 heterocycles. The molecule has 0 aromatic heterocycles. The van der Waals surface area contributed by atoms with E-state index < -0.39 is 10.0 Å². The number of rotatable bonds is 6. The van der Waals surface area contributed by atoms with Crippen LogP contribution in [0.5, 0.6) is 0 Å². The number of hydrogen-bond acceptors (Lipinski definition) is 4. The molecule has 1 atom stereocenters. The van der Waals surface area contributed by atoms with Crippen molar-refractivity contribution in [2.75, 3.05) is 39.8 Å². The molecule has 0 spiro atoms. The van der Waals surface area contributed by atoms with E-state index in [9.17, 15) is 13.2 Å². The van der Waals surface area contributed by atoms with Gasteiger partial charge in [0.25, 0.3) is 0 Å². The molecule has 0 aliphatic carbocycles. The lowest BCUT2D eigenvalue weighted by molar-refractivity contribution is -0.129. The number of nitrogens with one attached hydrogen (secondary N) is 1. The van der Waals surface area contributed by atoms with Crippen molar-refractivity contribution in [3.05, 3.63) is 29.8 Å². The number of hydrogen-bond donors (Lipinski definition) is 1. The number of benzene rings is 1. The fraction of sp³-hybridized carbons (Fsp3) is 0.632. The van der Waals surface area contributed by atoms with Crippen LogP contribution >= 0.6 is 12.4 Å². The van der Waals surface area contributed by atoms with Gasteiger partial charge in [-0.3, -0.25) is 4.79 Å². The number of likely N-dealkylation sites (tertiary alicyclic amines) is 1. The van der Waals surface area contributed by atoms with E-state index in [-0.39, 0.29) is 18.3 Å². The van der Waals surface area contributed by atoms with Crippen molar-refractivity contribution in [1.29, 1.82) is 0 Å². The molecule has 1 unspecified atom stereocenters. The molecule has 8 heteroatoms. The first-order chi connectivity index (χ1) is 12.5. The number of carbonyl (C=O) groups excluding carboxylic acids is 1. The Balaban J connectivity index is 0.00000261. The van der Waals surface area contributed by atoms with Gasteiger partial charge in [-0.2, -0.15) is 4.31 Å². The van der Waals surface area contributed by atoms with Crippen molar-refractivity contribution >= 4 is 28.3 Å². The summed E-state index contributed by atoms with van der Waals surface area (Å²) in [6.07, 6.45) is 4.32. The average Bonchev–Trinajstić information content (AvgIpc) is 3.12. The molecule has 0 radical (unpaired) electrons. The van der Waals surface area contributed by atoms with Crippen LogP contribution in [0.15, 0.2) is 29.2 Å². The monoisotopic (exact) mass is 415 g/mol. The highest BCUT2D eigenvalue weighted by Gasteiger charge is 2.27. The first-order valence-corrected chi connectivity index (χ1v) is 11.0. The van der Waals surface area contributed by atoms with Crippen LogP contribution in [0.4, 0.5) is 0 Å². The maximum Gasteiger partial charge on any atom is 0.243 e. The van der Waals surface area contributed by atoms with E-state index in [4.69, 9.17) is 0 Å². The van der Waals surface area contributed by atoms with E-state index >= 15 is 0 Å². The van der Waals surface area contributed by atoms with Crippen molar-refractivity contribution in [2.24, 2.45) is 5.92 Å². The summed E-state index contributed by atoms with van der Waals surface area (Å²) in [5, 5.41) is 3.17. The fourth-order valence-electron chi connectivity index (χ4n) is 3.83. The van der Waals surface area contributed by atoms with Gasteiger partial charge in [0.1, 0.15) is 0 Å². The van der Waals surface area contributed by atoms with Crippen molar-refractivity contribution in [3.63, 3.8) is 0 Å². The molecule has 2 fully saturated rings. The van der Waals surface area contributed by atoms with E-state index in [1.54, 1.807) is 28.6 Å². The third-order valence-electron chi connectivity index (χ3n) is 5.36. The van der Waals surface area contributed by atoms with Crippen molar-refractivity contribution in [1.82, 2.24) is 14.5 Å². The second kappa shape index (κ2) is 9.87. The summed E-state index contributed by atoms with van der Waals surface area (Å²) in [5.74, 6) is 0.649. The lowest BCUT2D eigenvalue weighted by atomic mass is 10.1. The summed E-state index contributed by atoms with van der Waals surface area (Å²) in [4.78, 5) is 14.7. The van der Waals surface area contributed by atoms with E-state index in [2.05, 4.69) is 5.32 Å². The SMILES string of the molecule is CNCC1CCN(C(=O)Cc2ccc(S(=O)(=O)N3CCCCC3)cc2)C1.Cl. The molecule has 2 aliphatic rings. The van der Waals surface area contributed by atoms with Crippen LogP contribution in [-0.4, -0.2) is 63.3 Å². The van der Waals surface area contributed by atoms with Gasteiger partial charge < -0.3 is 10.2 Å². The van der Waals surface area contributed by atoms with Crippen LogP contribution in [0.3, 0.4) is 0 Å². The molecule has 2 saturated heterocycles. The minimum Gasteiger partial charge on any atom is -0.342 e. The topological polar surface area (TPSA) is 69.7 Å². The molecule has 0 bridgehead atoms. The van der Waals surface area contributed by atoms with Crippen LogP contribution in [-0.2, 0) is 21.2 Å². The number of halogens is 1. The third-order valence-corrected chi connectivity index (χ3v) is 7.28. The van der Waals surface area contributed by atoms with Gasteiger partial charge >= 0.3 is 0 Å². The Morgan fingerprint density at radius 3 is 2.41 bits per heavy atom. The summed E-state index contributed by atoms with van der Waals surface area (Å²) < 4.78 is 26.9. The Bertz CT molecular complexity index is 718. The summed E-state index contributed by atoms with van der Waals surface area (Å²) in [7, 11) is -1.47. The van der Waals surface area contributed by atoms with Gasteiger partial charge in [-0.05, 0) is 56.5 Å². The predicted octanol–water partition coefficient (Wildman–Crippen LogP) is 1.89. The van der Waals surface area contributed by atoms with Crippen LogP contribution in [0.1, 0.15) is 31.2 Å². The van der Waals surface area contributed by atoms with Crippen LogP contribution in [0.2, 0.25) is 0 Å². The van der Waals surface area contributed by atoms with Crippen LogP contribution in [0, 0.1) is 5.92 Å². The largest absolute Gasteiger partial charge is 0.342 e. The predicted molar refractivity (Wildman–Crippen MR) is 109 cm³/mol. The average molecular weight is 416 g/mol. The van der Waals surface area contributed by atoms with Crippen LogP contribution in [0.25, 0.3) is 0 Å². The molecule has 3 rings (SSSR count). The second-order valence-corrected chi connectivity index (χ2v) is 9.28. The van der Waals surface area contributed by atoms with E-state index in [1.165, 1.54) is 0 Å². The standard InChI is InChI=1S/C19H29N3O3S.ClH/c1-20-14-17-9-12-21(15-17)19(23)13-16-5-7-18(8-6-16)26(24,25)22-10-3-2-4-11-22;/h5-8,17,20H,2-4,9-15H2,1H3;1H. The van der Waals surface area contributed by atoms with Crippen molar-refractivity contribution in [2.45, 2.75) is 37.0 Å². The molecule has 1 aromatic carbocycles. The van der Waals surface area contributed by atoms with Gasteiger partial charge in [0, 0.05) is 26.2 Å². The molecular weight excluding hydrogens is 386 g/mol. The lowest BCUT2D eigenvalue weighted by Crippen LogP contribution is -2.35. The van der Waals surface area contributed by atoms with Gasteiger partial charge in [0.2, 0.25) is 15.9 Å². The molecule has 1 amide bonds. The van der Waals surface area contributed by atoms with Crippen molar-refractivity contribution < 1.29 is 13.2 Å². The van der Waals surface area contributed by atoms with E-state index in [0.717, 1.165) is 50.9 Å². The Kier molecular flexibility index (Phi) is 8.09. The molecule has 2 aliphatic heterocycles. The molecule has 27 heavy (non-hydrogen) atoms. The molecule has 6 nitrogen and oxygen atoms in total. The summed E-state index contributed by atoms with van der Waals surface area (Å²) in [6, 6.07) is 6.83. The summed E-state index contributed by atoms with van der Waals surface area (Å²) >= 11 is 0. The normalized spacial score (nSPS) is 21.1. The van der Waals surface area contributed by atoms with Gasteiger partial charge in [0.15, 0.2) is 0 Å². The number of nitrogens with zero attached hydrogens (tertiary/aromatic N) is 2. The number of amides is 1. The Morgan fingerprint density at radius 2 is 1.78 bits per heavy atom. The molecule has 1 N–H and O–H groups in total. The zero-order valence-electron chi connectivity index (χ0n) is 15.9. The first kappa shape index (κ1) is 22.1. The highest BCUT2D eigenvalue weighted by molar-refractivity contribution is 7.89. The van der Waals surface area contributed by atoms with Gasteiger partial charge in [-0.15, -0.1) is 12.4 Å². The highest BCUT2D eigenvalue weighted by atomic mass is 35.5. The zero-order chi connectivity index (χ0) is 18.6. The van der Waals surface area contributed by atoms with Gasteiger partial charge in [-0.1, -0.05) is 18.6 Å². The number of carbonyl (C=O) groups is 1. The molecule has 1 aromatic rings. The Hall–Kier alpha value is -1.15. The molecule has 152 valence electrons. The smallest absolute Gasteiger partial charge is 0.243 e. The highest BCUT2D eigenvalue weighted by Crippen LogP contribution is 2.22. The summed E-state index contributed by atoms with van der Waals surface area (Å²) in [5.41, 5.74) is 0.865. The molecular formula is C19H30ClN3O3S. The third kappa shape index (κ3) is 5.44. The zero-order valence-corrected chi connectivity index (χ0v) is 17.5. The Morgan fingerprint density at radius 1 is 1.11 bits per heavy atom. The quantitative estimate of drug-likeness (QED) is 0.770.